The van der Waals surface area contributed by atoms with E-state index >= 15 is 0 Å². The second-order valence-electron chi connectivity index (χ2n) is 6.19. The Balaban J connectivity index is 2.15. The molecule has 0 saturated carbocycles. The topological polar surface area (TPSA) is 66.8 Å². The second-order valence-corrected chi connectivity index (χ2v) is 7.11. The third-order valence-electron chi connectivity index (χ3n) is 4.46. The van der Waals surface area contributed by atoms with Gasteiger partial charge in [-0.3, -0.25) is 4.79 Å². The molecular weight excluding hydrogens is 374 g/mol. The van der Waals surface area contributed by atoms with Gasteiger partial charge in [-0.2, -0.15) is 0 Å². The first-order chi connectivity index (χ1) is 11.5. The van der Waals surface area contributed by atoms with E-state index in [1.807, 2.05) is 24.3 Å². The quantitative estimate of drug-likeness (QED) is 0.767. The molecule has 1 aliphatic heterocycles. The molecule has 1 amide bonds. The number of rotatable bonds is 7. The molecule has 2 atom stereocenters. The molecule has 0 aliphatic carbocycles. The Morgan fingerprint density at radius 3 is 2.88 bits per heavy atom. The van der Waals surface area contributed by atoms with Crippen molar-refractivity contribution in [3.8, 4) is 0 Å². The molecule has 1 fully saturated rings. The van der Waals surface area contributed by atoms with Crippen LogP contribution in [0.15, 0.2) is 28.7 Å². The lowest BCUT2D eigenvalue weighted by Crippen LogP contribution is -2.50. The van der Waals surface area contributed by atoms with Crippen molar-refractivity contribution in [3.05, 3.63) is 34.3 Å². The van der Waals surface area contributed by atoms with E-state index in [1.54, 1.807) is 12.0 Å². The molecule has 2 rings (SSSR count). The number of amides is 1. The Kier molecular flexibility index (Phi) is 7.24. The Labute approximate surface area is 151 Å². The molecule has 24 heavy (non-hydrogen) atoms. The zero-order valence-electron chi connectivity index (χ0n) is 13.9. The molecule has 0 aromatic heterocycles. The van der Waals surface area contributed by atoms with Gasteiger partial charge in [-0.05, 0) is 49.8 Å². The minimum Gasteiger partial charge on any atom is -0.480 e. The summed E-state index contributed by atoms with van der Waals surface area (Å²) in [6.45, 7) is 1.01. The van der Waals surface area contributed by atoms with Crippen LogP contribution in [-0.2, 0) is 20.7 Å². The van der Waals surface area contributed by atoms with Gasteiger partial charge in [-0.1, -0.05) is 28.1 Å². The van der Waals surface area contributed by atoms with E-state index in [0.29, 0.717) is 32.4 Å². The van der Waals surface area contributed by atoms with E-state index in [1.165, 1.54) is 0 Å². The van der Waals surface area contributed by atoms with Gasteiger partial charge in [0.05, 0.1) is 0 Å². The summed E-state index contributed by atoms with van der Waals surface area (Å²) in [5, 5.41) is 9.42. The molecule has 1 N–H and O–H groups in total. The average Bonchev–Trinajstić information content (AvgIpc) is 2.58. The monoisotopic (exact) mass is 397 g/mol. The van der Waals surface area contributed by atoms with Crippen molar-refractivity contribution >= 4 is 27.8 Å². The smallest absolute Gasteiger partial charge is 0.326 e. The van der Waals surface area contributed by atoms with Crippen molar-refractivity contribution in [2.45, 2.75) is 38.1 Å². The van der Waals surface area contributed by atoms with Crippen LogP contribution < -0.4 is 0 Å². The number of hydrogen-bond acceptors (Lipinski definition) is 3. The van der Waals surface area contributed by atoms with Gasteiger partial charge in [-0.15, -0.1) is 0 Å². The average molecular weight is 398 g/mol. The highest BCUT2D eigenvalue weighted by Gasteiger charge is 2.35. The van der Waals surface area contributed by atoms with Crippen LogP contribution in [0, 0.1) is 5.92 Å². The maximum atomic E-state index is 13.0. The van der Waals surface area contributed by atoms with E-state index in [-0.39, 0.29) is 11.8 Å². The molecule has 1 aromatic carbocycles. The van der Waals surface area contributed by atoms with Crippen LogP contribution >= 0.6 is 15.9 Å². The highest BCUT2D eigenvalue weighted by atomic mass is 79.9. The summed E-state index contributed by atoms with van der Waals surface area (Å²) in [6.07, 6.45) is 3.43. The van der Waals surface area contributed by atoms with E-state index in [2.05, 4.69) is 15.9 Å². The molecule has 132 valence electrons. The summed E-state index contributed by atoms with van der Waals surface area (Å²) in [6, 6.07) is 7.18. The Hall–Kier alpha value is -1.40. The van der Waals surface area contributed by atoms with Crippen molar-refractivity contribution in [2.24, 2.45) is 5.92 Å². The van der Waals surface area contributed by atoms with E-state index in [4.69, 9.17) is 4.74 Å². The van der Waals surface area contributed by atoms with Crippen molar-refractivity contribution in [2.75, 3.05) is 20.3 Å². The number of ether oxygens (including phenoxy) is 1. The molecule has 1 aromatic rings. The molecule has 0 radical (unpaired) electrons. The number of carboxylic acids is 1. The largest absolute Gasteiger partial charge is 0.480 e. The maximum Gasteiger partial charge on any atom is 0.326 e. The van der Waals surface area contributed by atoms with Gasteiger partial charge in [0.2, 0.25) is 5.91 Å². The van der Waals surface area contributed by atoms with E-state index in [9.17, 15) is 14.7 Å². The Bertz CT molecular complexity index is 578. The molecule has 6 heteroatoms. The van der Waals surface area contributed by atoms with Gasteiger partial charge in [-0.25, -0.2) is 4.79 Å². The Morgan fingerprint density at radius 1 is 1.42 bits per heavy atom. The predicted octanol–water partition coefficient (Wildman–Crippen LogP) is 3.11. The van der Waals surface area contributed by atoms with Crippen LogP contribution in [0.3, 0.4) is 0 Å². The number of piperidine rings is 1. The first kappa shape index (κ1) is 18.9. The molecule has 0 spiro atoms. The number of carbonyl (C=O) groups excluding carboxylic acids is 1. The lowest BCUT2D eigenvalue weighted by atomic mass is 9.92. The molecular formula is C18H24BrNO4. The fraction of sp³-hybridized carbons (Fsp3) is 0.556. The zero-order valence-corrected chi connectivity index (χ0v) is 15.5. The summed E-state index contributed by atoms with van der Waals surface area (Å²) >= 11 is 3.45. The first-order valence-corrected chi connectivity index (χ1v) is 9.09. The summed E-state index contributed by atoms with van der Waals surface area (Å²) in [7, 11) is 1.61. The normalized spacial score (nSPS) is 19.1. The van der Waals surface area contributed by atoms with Crippen LogP contribution in [0.4, 0.5) is 0 Å². The highest BCUT2D eigenvalue weighted by molar-refractivity contribution is 9.10. The summed E-state index contributed by atoms with van der Waals surface area (Å²) in [5.74, 6) is -1.24. The number of carboxylic acid groups (broad SMARTS) is 1. The number of aliphatic carboxylic acids is 1. The minimum absolute atomic E-state index is 0.0703. The summed E-state index contributed by atoms with van der Waals surface area (Å²) in [4.78, 5) is 26.0. The van der Waals surface area contributed by atoms with Crippen LogP contribution in [0.25, 0.3) is 0 Å². The van der Waals surface area contributed by atoms with Gasteiger partial charge in [0, 0.05) is 30.7 Å². The highest BCUT2D eigenvalue weighted by Crippen LogP contribution is 2.24. The predicted molar refractivity (Wildman–Crippen MR) is 94.8 cm³/mol. The van der Waals surface area contributed by atoms with Crippen molar-refractivity contribution in [1.82, 2.24) is 4.90 Å². The van der Waals surface area contributed by atoms with Gasteiger partial charge >= 0.3 is 5.97 Å². The van der Waals surface area contributed by atoms with E-state index in [0.717, 1.165) is 22.9 Å². The number of likely N-dealkylation sites (tertiary alicyclic amines) is 1. The van der Waals surface area contributed by atoms with Crippen molar-refractivity contribution in [3.63, 3.8) is 0 Å². The first-order valence-electron chi connectivity index (χ1n) is 8.29. The third-order valence-corrected chi connectivity index (χ3v) is 4.95. The second kappa shape index (κ2) is 9.18. The van der Waals surface area contributed by atoms with E-state index < -0.39 is 12.0 Å². The molecule has 1 heterocycles. The summed E-state index contributed by atoms with van der Waals surface area (Å²) < 4.78 is 6.12. The zero-order chi connectivity index (χ0) is 17.5. The molecule has 0 bridgehead atoms. The fourth-order valence-electron chi connectivity index (χ4n) is 3.21. The SMILES string of the molecule is COCCC(Cc1cccc(Br)c1)C(=O)N1CCCCC1C(=O)O. The third kappa shape index (κ3) is 5.05. The van der Waals surface area contributed by atoms with Gasteiger partial charge < -0.3 is 14.7 Å². The van der Waals surface area contributed by atoms with Gasteiger partial charge in [0.15, 0.2) is 0 Å². The molecule has 1 aliphatic rings. The molecule has 5 nitrogen and oxygen atoms in total. The fourth-order valence-corrected chi connectivity index (χ4v) is 3.65. The number of methoxy groups -OCH3 is 1. The summed E-state index contributed by atoms with van der Waals surface area (Å²) in [5.41, 5.74) is 1.06. The Morgan fingerprint density at radius 2 is 2.21 bits per heavy atom. The lowest BCUT2D eigenvalue weighted by molar-refractivity contribution is -0.154. The van der Waals surface area contributed by atoms with Crippen molar-refractivity contribution in [1.29, 1.82) is 0 Å². The number of benzene rings is 1. The minimum atomic E-state index is -0.906. The number of halogens is 1. The number of nitrogens with zero attached hydrogens (tertiary/aromatic N) is 1. The molecule has 2 unspecified atom stereocenters. The standard InChI is InChI=1S/C18H24BrNO4/c1-24-10-8-14(11-13-5-4-6-15(19)12-13)17(21)20-9-3-2-7-16(20)18(22)23/h4-6,12,14,16H,2-3,7-11H2,1H3,(H,22,23). The van der Waals surface area contributed by atoms with Crippen molar-refractivity contribution < 1.29 is 19.4 Å². The maximum absolute atomic E-state index is 13.0. The molecule has 1 saturated heterocycles. The number of carbonyl (C=O) groups is 2. The van der Waals surface area contributed by atoms with Gasteiger partial charge in [0.1, 0.15) is 6.04 Å². The van der Waals surface area contributed by atoms with Crippen LogP contribution in [0.1, 0.15) is 31.2 Å². The van der Waals surface area contributed by atoms with Crippen LogP contribution in [0.2, 0.25) is 0 Å². The van der Waals surface area contributed by atoms with Crippen LogP contribution in [-0.4, -0.2) is 48.2 Å². The number of hydrogen-bond donors (Lipinski definition) is 1. The van der Waals surface area contributed by atoms with Gasteiger partial charge in [0.25, 0.3) is 0 Å². The lowest BCUT2D eigenvalue weighted by Gasteiger charge is -2.35. The van der Waals surface area contributed by atoms with Crippen LogP contribution in [0.5, 0.6) is 0 Å².